The predicted molar refractivity (Wildman–Crippen MR) is 80.4 cm³/mol. The van der Waals surface area contributed by atoms with Gasteiger partial charge in [-0.05, 0) is 38.4 Å². The molecule has 3 nitrogen and oxygen atoms in total. The summed E-state index contributed by atoms with van der Waals surface area (Å²) in [6, 6.07) is 4.00. The van der Waals surface area contributed by atoms with Crippen LogP contribution in [-0.4, -0.2) is 18.1 Å². The smallest absolute Gasteiger partial charge is 0.142 e. The van der Waals surface area contributed by atoms with E-state index in [1.165, 1.54) is 0 Å². The average molecular weight is 262 g/mol. The first-order valence-electron chi connectivity index (χ1n) is 6.93. The fourth-order valence-electron chi connectivity index (χ4n) is 1.67. The van der Waals surface area contributed by atoms with Gasteiger partial charge in [0.15, 0.2) is 0 Å². The lowest BCUT2D eigenvalue weighted by molar-refractivity contribution is 0.315. The number of aryl methyl sites for hydroxylation is 1. The van der Waals surface area contributed by atoms with E-state index in [1.54, 1.807) is 0 Å². The lowest BCUT2D eigenvalue weighted by Crippen LogP contribution is -2.20. The molecule has 0 aliphatic rings. The van der Waals surface area contributed by atoms with Gasteiger partial charge >= 0.3 is 0 Å². The maximum Gasteiger partial charge on any atom is 0.142 e. The molecule has 0 atom stereocenters. The van der Waals surface area contributed by atoms with E-state index in [-0.39, 0.29) is 0 Å². The minimum Gasteiger partial charge on any atom is -0.491 e. The topological polar surface area (TPSA) is 34.1 Å². The van der Waals surface area contributed by atoms with Crippen LogP contribution in [0.5, 0.6) is 5.75 Å². The molecule has 0 bridgehead atoms. The van der Waals surface area contributed by atoms with Crippen molar-refractivity contribution in [1.82, 2.24) is 10.3 Å². The van der Waals surface area contributed by atoms with E-state index in [0.717, 1.165) is 42.2 Å². The summed E-state index contributed by atoms with van der Waals surface area (Å²) in [7, 11) is 0. The highest BCUT2D eigenvalue weighted by Crippen LogP contribution is 2.17. The van der Waals surface area contributed by atoms with Gasteiger partial charge in [0, 0.05) is 18.7 Å². The molecule has 0 amide bonds. The second kappa shape index (κ2) is 7.95. The molecule has 0 unspecified atom stereocenters. The number of hydrogen-bond donors (Lipinski definition) is 1. The summed E-state index contributed by atoms with van der Waals surface area (Å²) in [5.74, 6) is 1.51. The van der Waals surface area contributed by atoms with Gasteiger partial charge in [-0.3, -0.25) is 4.98 Å². The number of nitrogens with zero attached hydrogens (tertiary/aromatic N) is 1. The minimum absolute atomic E-state index is 0.637. The molecule has 0 spiro atoms. The third-order valence-electron chi connectivity index (χ3n) is 2.70. The first-order valence-corrected chi connectivity index (χ1v) is 6.93. The standard InChI is InChI=1S/C16H26N2O/c1-12(2)8-9-19-16-7-6-14(5)18-15(16)11-17-10-13(3)4/h6-7,13,17H,1,8-11H2,2-5H3. The highest BCUT2D eigenvalue weighted by Gasteiger charge is 2.06. The van der Waals surface area contributed by atoms with E-state index in [9.17, 15) is 0 Å². The van der Waals surface area contributed by atoms with Crippen LogP contribution in [0.15, 0.2) is 24.3 Å². The summed E-state index contributed by atoms with van der Waals surface area (Å²) in [6.45, 7) is 14.7. The van der Waals surface area contributed by atoms with Crippen LogP contribution >= 0.6 is 0 Å². The van der Waals surface area contributed by atoms with Crippen molar-refractivity contribution in [3.05, 3.63) is 35.7 Å². The lowest BCUT2D eigenvalue weighted by atomic mass is 10.2. The third-order valence-corrected chi connectivity index (χ3v) is 2.70. The maximum absolute atomic E-state index is 5.80. The zero-order chi connectivity index (χ0) is 14.3. The highest BCUT2D eigenvalue weighted by atomic mass is 16.5. The molecular weight excluding hydrogens is 236 g/mol. The van der Waals surface area contributed by atoms with Crippen molar-refractivity contribution in [3.63, 3.8) is 0 Å². The molecule has 106 valence electrons. The molecule has 0 aliphatic carbocycles. The molecule has 0 saturated heterocycles. The van der Waals surface area contributed by atoms with Crippen LogP contribution in [0.3, 0.4) is 0 Å². The molecule has 1 heterocycles. The van der Waals surface area contributed by atoms with Crippen molar-refractivity contribution in [2.45, 2.75) is 40.7 Å². The van der Waals surface area contributed by atoms with Crippen LogP contribution in [0, 0.1) is 12.8 Å². The van der Waals surface area contributed by atoms with Gasteiger partial charge in [-0.1, -0.05) is 19.4 Å². The van der Waals surface area contributed by atoms with E-state index >= 15 is 0 Å². The Hall–Kier alpha value is -1.35. The van der Waals surface area contributed by atoms with Crippen molar-refractivity contribution in [1.29, 1.82) is 0 Å². The summed E-state index contributed by atoms with van der Waals surface area (Å²) >= 11 is 0. The van der Waals surface area contributed by atoms with E-state index in [2.05, 4.69) is 30.7 Å². The molecule has 0 aliphatic heterocycles. The lowest BCUT2D eigenvalue weighted by Gasteiger charge is -2.13. The SMILES string of the molecule is C=C(C)CCOc1ccc(C)nc1CNCC(C)C. The van der Waals surface area contributed by atoms with Gasteiger partial charge in [0.2, 0.25) is 0 Å². The van der Waals surface area contributed by atoms with E-state index in [0.29, 0.717) is 12.5 Å². The van der Waals surface area contributed by atoms with Crippen LogP contribution in [0.25, 0.3) is 0 Å². The molecule has 1 N–H and O–H groups in total. The van der Waals surface area contributed by atoms with Crippen LogP contribution in [0.1, 0.15) is 38.6 Å². The normalized spacial score (nSPS) is 10.8. The highest BCUT2D eigenvalue weighted by molar-refractivity contribution is 5.29. The molecule has 3 heteroatoms. The number of nitrogens with one attached hydrogen (secondary N) is 1. The zero-order valence-electron chi connectivity index (χ0n) is 12.6. The summed E-state index contributed by atoms with van der Waals surface area (Å²) in [4.78, 5) is 4.56. The fourth-order valence-corrected chi connectivity index (χ4v) is 1.67. The number of hydrogen-bond acceptors (Lipinski definition) is 3. The van der Waals surface area contributed by atoms with Crippen molar-refractivity contribution in [2.75, 3.05) is 13.2 Å². The Morgan fingerprint density at radius 2 is 2.16 bits per heavy atom. The summed E-state index contributed by atoms with van der Waals surface area (Å²) < 4.78 is 5.80. The van der Waals surface area contributed by atoms with E-state index in [4.69, 9.17) is 4.74 Å². The van der Waals surface area contributed by atoms with Gasteiger partial charge in [-0.2, -0.15) is 0 Å². The Balaban J connectivity index is 2.60. The van der Waals surface area contributed by atoms with Crippen LogP contribution < -0.4 is 10.1 Å². The van der Waals surface area contributed by atoms with Crippen LogP contribution in [0.2, 0.25) is 0 Å². The summed E-state index contributed by atoms with van der Waals surface area (Å²) in [5, 5.41) is 3.41. The number of pyridine rings is 1. The first kappa shape index (κ1) is 15.7. The average Bonchev–Trinajstić information content (AvgIpc) is 2.31. The van der Waals surface area contributed by atoms with E-state index in [1.807, 2.05) is 26.0 Å². The summed E-state index contributed by atoms with van der Waals surface area (Å²) in [6.07, 6.45) is 0.882. The minimum atomic E-state index is 0.637. The number of rotatable bonds is 8. The fraction of sp³-hybridized carbons (Fsp3) is 0.562. The first-order chi connectivity index (χ1) is 8.99. The molecule has 19 heavy (non-hydrogen) atoms. The van der Waals surface area contributed by atoms with Gasteiger partial charge in [-0.15, -0.1) is 6.58 Å². The van der Waals surface area contributed by atoms with Gasteiger partial charge in [0.1, 0.15) is 5.75 Å². The number of aromatic nitrogens is 1. The second-order valence-electron chi connectivity index (χ2n) is 5.48. The predicted octanol–water partition coefficient (Wildman–Crippen LogP) is 3.48. The summed E-state index contributed by atoms with van der Waals surface area (Å²) in [5.41, 5.74) is 3.15. The number of ether oxygens (including phenoxy) is 1. The van der Waals surface area contributed by atoms with Crippen LogP contribution in [0.4, 0.5) is 0 Å². The van der Waals surface area contributed by atoms with Crippen LogP contribution in [-0.2, 0) is 6.54 Å². The molecule has 0 aromatic carbocycles. The molecule has 0 radical (unpaired) electrons. The molecule has 0 saturated carbocycles. The van der Waals surface area contributed by atoms with Gasteiger partial charge in [-0.25, -0.2) is 0 Å². The molecule has 1 rings (SSSR count). The van der Waals surface area contributed by atoms with Gasteiger partial charge in [0.05, 0.1) is 12.3 Å². The van der Waals surface area contributed by atoms with Gasteiger partial charge < -0.3 is 10.1 Å². The van der Waals surface area contributed by atoms with Gasteiger partial charge in [0.25, 0.3) is 0 Å². The largest absolute Gasteiger partial charge is 0.491 e. The molecule has 1 aromatic heterocycles. The molecule has 0 fully saturated rings. The van der Waals surface area contributed by atoms with Crippen molar-refractivity contribution >= 4 is 0 Å². The maximum atomic E-state index is 5.80. The Bertz CT molecular complexity index is 413. The Morgan fingerprint density at radius 1 is 1.42 bits per heavy atom. The second-order valence-corrected chi connectivity index (χ2v) is 5.48. The molecule has 1 aromatic rings. The monoisotopic (exact) mass is 262 g/mol. The Labute approximate surface area is 117 Å². The quantitative estimate of drug-likeness (QED) is 0.728. The van der Waals surface area contributed by atoms with E-state index < -0.39 is 0 Å². The molecular formula is C16H26N2O. The van der Waals surface area contributed by atoms with Crippen molar-refractivity contribution < 1.29 is 4.74 Å². The Morgan fingerprint density at radius 3 is 2.79 bits per heavy atom. The third kappa shape index (κ3) is 6.39. The Kier molecular flexibility index (Phi) is 6.57. The van der Waals surface area contributed by atoms with Crippen molar-refractivity contribution in [3.8, 4) is 5.75 Å². The zero-order valence-corrected chi connectivity index (χ0v) is 12.6. The van der Waals surface area contributed by atoms with Crippen molar-refractivity contribution in [2.24, 2.45) is 5.92 Å².